The lowest BCUT2D eigenvalue weighted by Crippen LogP contribution is -2.41. The molecule has 0 radical (unpaired) electrons. The van der Waals surface area contributed by atoms with Crippen molar-refractivity contribution >= 4 is 0 Å². The van der Waals surface area contributed by atoms with Crippen LogP contribution in [0.25, 0.3) is 0 Å². The molecule has 2 N–H and O–H groups in total. The van der Waals surface area contributed by atoms with Crippen LogP contribution in [0.3, 0.4) is 0 Å². The Morgan fingerprint density at radius 2 is 2.25 bits per heavy atom. The van der Waals surface area contributed by atoms with Gasteiger partial charge >= 0.3 is 0 Å². The van der Waals surface area contributed by atoms with Crippen molar-refractivity contribution in [2.45, 2.75) is 39.2 Å². The second-order valence-electron chi connectivity index (χ2n) is 4.21. The van der Waals surface area contributed by atoms with Crippen LogP contribution >= 0.6 is 0 Å². The molecule has 0 spiro atoms. The van der Waals surface area contributed by atoms with Crippen LogP contribution in [0.5, 0.6) is 0 Å². The van der Waals surface area contributed by atoms with Gasteiger partial charge < -0.3 is 10.4 Å². The Morgan fingerprint density at radius 3 is 2.83 bits per heavy atom. The van der Waals surface area contributed by atoms with Crippen molar-refractivity contribution < 1.29 is 5.11 Å². The fourth-order valence-electron chi connectivity index (χ4n) is 1.99. The molecule has 0 aromatic rings. The van der Waals surface area contributed by atoms with Gasteiger partial charge in [-0.05, 0) is 37.6 Å². The molecular weight excluding hydrogens is 150 g/mol. The number of aliphatic hydroxyl groups is 1. The number of rotatable bonds is 3. The standard InChI is InChI=1S/C10H21NO/c1-8(2)10-7-9(4-6-12)3-5-11-10/h8-12H,3-7H2,1-2H3. The van der Waals surface area contributed by atoms with E-state index in [9.17, 15) is 0 Å². The molecule has 0 aromatic heterocycles. The highest BCUT2D eigenvalue weighted by atomic mass is 16.3. The predicted octanol–water partition coefficient (Wildman–Crippen LogP) is 1.39. The Bertz CT molecular complexity index is 123. The van der Waals surface area contributed by atoms with E-state index in [1.807, 2.05) is 0 Å². The van der Waals surface area contributed by atoms with Crippen LogP contribution < -0.4 is 5.32 Å². The maximum Gasteiger partial charge on any atom is 0.0433 e. The highest BCUT2D eigenvalue weighted by Gasteiger charge is 2.22. The third-order valence-corrected chi connectivity index (χ3v) is 2.89. The van der Waals surface area contributed by atoms with Crippen molar-refractivity contribution in [1.82, 2.24) is 5.32 Å². The molecule has 2 heteroatoms. The second-order valence-corrected chi connectivity index (χ2v) is 4.21. The summed E-state index contributed by atoms with van der Waals surface area (Å²) in [6, 6.07) is 0.676. The van der Waals surface area contributed by atoms with E-state index in [1.165, 1.54) is 12.8 Å². The smallest absolute Gasteiger partial charge is 0.0433 e. The highest BCUT2D eigenvalue weighted by molar-refractivity contribution is 4.80. The first-order chi connectivity index (χ1) is 5.74. The summed E-state index contributed by atoms with van der Waals surface area (Å²) in [7, 11) is 0. The van der Waals surface area contributed by atoms with E-state index in [0.717, 1.165) is 24.8 Å². The third kappa shape index (κ3) is 2.76. The van der Waals surface area contributed by atoms with E-state index >= 15 is 0 Å². The van der Waals surface area contributed by atoms with Gasteiger partial charge in [-0.25, -0.2) is 0 Å². The van der Waals surface area contributed by atoms with Gasteiger partial charge in [-0.3, -0.25) is 0 Å². The summed E-state index contributed by atoms with van der Waals surface area (Å²) in [5, 5.41) is 12.3. The summed E-state index contributed by atoms with van der Waals surface area (Å²) in [5.41, 5.74) is 0. The molecule has 1 heterocycles. The summed E-state index contributed by atoms with van der Waals surface area (Å²) in [6.45, 7) is 6.01. The first-order valence-electron chi connectivity index (χ1n) is 5.08. The number of piperidine rings is 1. The first kappa shape index (κ1) is 10.0. The lowest BCUT2D eigenvalue weighted by molar-refractivity contribution is 0.198. The maximum absolute atomic E-state index is 8.82. The van der Waals surface area contributed by atoms with Crippen molar-refractivity contribution in [2.24, 2.45) is 11.8 Å². The minimum atomic E-state index is 0.357. The lowest BCUT2D eigenvalue weighted by Gasteiger charge is -2.32. The van der Waals surface area contributed by atoms with Crippen molar-refractivity contribution in [3.05, 3.63) is 0 Å². The molecule has 2 unspecified atom stereocenters. The minimum absolute atomic E-state index is 0.357. The van der Waals surface area contributed by atoms with Gasteiger partial charge in [0, 0.05) is 12.6 Å². The molecule has 2 atom stereocenters. The minimum Gasteiger partial charge on any atom is -0.396 e. The van der Waals surface area contributed by atoms with Crippen molar-refractivity contribution in [3.63, 3.8) is 0 Å². The zero-order valence-electron chi connectivity index (χ0n) is 8.21. The molecular formula is C10H21NO. The van der Waals surface area contributed by atoms with E-state index in [-0.39, 0.29) is 0 Å². The maximum atomic E-state index is 8.82. The van der Waals surface area contributed by atoms with Crippen molar-refractivity contribution in [1.29, 1.82) is 0 Å². The molecule has 1 rings (SSSR count). The summed E-state index contributed by atoms with van der Waals surface area (Å²) >= 11 is 0. The van der Waals surface area contributed by atoms with Crippen LogP contribution in [0, 0.1) is 11.8 Å². The van der Waals surface area contributed by atoms with Gasteiger partial charge in [-0.1, -0.05) is 13.8 Å². The number of hydrogen-bond acceptors (Lipinski definition) is 2. The van der Waals surface area contributed by atoms with E-state index < -0.39 is 0 Å². The Kier molecular flexibility index (Phi) is 4.02. The topological polar surface area (TPSA) is 32.3 Å². The first-order valence-corrected chi connectivity index (χ1v) is 5.08. The van der Waals surface area contributed by atoms with Gasteiger partial charge in [0.15, 0.2) is 0 Å². The van der Waals surface area contributed by atoms with E-state index in [2.05, 4.69) is 19.2 Å². The van der Waals surface area contributed by atoms with Crippen LogP contribution in [-0.2, 0) is 0 Å². The summed E-state index contributed by atoms with van der Waals surface area (Å²) in [4.78, 5) is 0. The summed E-state index contributed by atoms with van der Waals surface area (Å²) in [5.74, 6) is 1.48. The Balaban J connectivity index is 2.30. The number of hydrogen-bond donors (Lipinski definition) is 2. The Morgan fingerprint density at radius 1 is 1.50 bits per heavy atom. The van der Waals surface area contributed by atoms with Crippen LogP contribution in [0.4, 0.5) is 0 Å². The van der Waals surface area contributed by atoms with Crippen molar-refractivity contribution in [2.75, 3.05) is 13.2 Å². The molecule has 1 aliphatic rings. The van der Waals surface area contributed by atoms with Crippen LogP contribution in [0.2, 0.25) is 0 Å². The Labute approximate surface area is 75.4 Å². The normalized spacial score (nSPS) is 31.0. The van der Waals surface area contributed by atoms with Crippen LogP contribution in [0.1, 0.15) is 33.1 Å². The molecule has 0 amide bonds. The fraction of sp³-hybridized carbons (Fsp3) is 1.00. The molecule has 12 heavy (non-hydrogen) atoms. The summed E-state index contributed by atoms with van der Waals surface area (Å²) < 4.78 is 0. The molecule has 72 valence electrons. The van der Waals surface area contributed by atoms with Gasteiger partial charge in [-0.15, -0.1) is 0 Å². The predicted molar refractivity (Wildman–Crippen MR) is 51.1 cm³/mol. The van der Waals surface area contributed by atoms with Gasteiger partial charge in [0.25, 0.3) is 0 Å². The molecule has 1 aliphatic heterocycles. The van der Waals surface area contributed by atoms with Gasteiger partial charge in [0.05, 0.1) is 0 Å². The van der Waals surface area contributed by atoms with E-state index in [0.29, 0.717) is 12.6 Å². The molecule has 0 aromatic carbocycles. The molecule has 0 bridgehead atoms. The van der Waals surface area contributed by atoms with Crippen LogP contribution in [-0.4, -0.2) is 24.3 Å². The van der Waals surface area contributed by atoms with Crippen molar-refractivity contribution in [3.8, 4) is 0 Å². The van der Waals surface area contributed by atoms with Crippen LogP contribution in [0.15, 0.2) is 0 Å². The second kappa shape index (κ2) is 4.83. The fourth-order valence-corrected chi connectivity index (χ4v) is 1.99. The Hall–Kier alpha value is -0.0800. The van der Waals surface area contributed by atoms with E-state index in [1.54, 1.807) is 0 Å². The molecule has 1 saturated heterocycles. The number of nitrogens with one attached hydrogen (secondary N) is 1. The average molecular weight is 171 g/mol. The molecule has 2 nitrogen and oxygen atoms in total. The zero-order chi connectivity index (χ0) is 8.97. The molecule has 0 aliphatic carbocycles. The van der Waals surface area contributed by atoms with Gasteiger partial charge in [0.1, 0.15) is 0 Å². The third-order valence-electron chi connectivity index (χ3n) is 2.89. The lowest BCUT2D eigenvalue weighted by atomic mass is 9.85. The monoisotopic (exact) mass is 171 g/mol. The quantitative estimate of drug-likeness (QED) is 0.672. The molecule has 0 saturated carbocycles. The van der Waals surface area contributed by atoms with E-state index in [4.69, 9.17) is 5.11 Å². The highest BCUT2D eigenvalue weighted by Crippen LogP contribution is 2.22. The molecule has 1 fully saturated rings. The zero-order valence-corrected chi connectivity index (χ0v) is 8.21. The van der Waals surface area contributed by atoms with Gasteiger partial charge in [-0.2, -0.15) is 0 Å². The average Bonchev–Trinajstić information content (AvgIpc) is 2.05. The summed E-state index contributed by atoms with van der Waals surface area (Å²) in [6.07, 6.45) is 3.48. The SMILES string of the molecule is CC(C)C1CC(CCO)CCN1. The van der Waals surface area contributed by atoms with Gasteiger partial charge in [0.2, 0.25) is 0 Å². The number of aliphatic hydroxyl groups excluding tert-OH is 1. The largest absolute Gasteiger partial charge is 0.396 e.